The molecule has 1 fully saturated rings. The van der Waals surface area contributed by atoms with Crippen molar-refractivity contribution >= 4 is 27.7 Å². The van der Waals surface area contributed by atoms with E-state index in [4.69, 9.17) is 0 Å². The third-order valence-corrected chi connectivity index (χ3v) is 6.74. The molecular formula is C16H34N4O2S2. The van der Waals surface area contributed by atoms with Gasteiger partial charge in [0.05, 0.1) is 12.3 Å². The van der Waals surface area contributed by atoms with Crippen LogP contribution in [0.3, 0.4) is 0 Å². The number of rotatable bonds is 10. The van der Waals surface area contributed by atoms with Crippen molar-refractivity contribution in [3.63, 3.8) is 0 Å². The number of unbranched alkanes of at least 4 members (excludes halogenated alkanes) is 2. The first-order valence-corrected chi connectivity index (χ1v) is 11.9. The molecule has 8 heteroatoms. The highest BCUT2D eigenvalue weighted by Crippen LogP contribution is 2.13. The van der Waals surface area contributed by atoms with E-state index in [0.29, 0.717) is 31.6 Å². The molecule has 0 aromatic rings. The Kier molecular flexibility index (Phi) is 10.8. The summed E-state index contributed by atoms with van der Waals surface area (Å²) in [5, 5.41) is 6.57. The normalized spacial score (nSPS) is 18.4. The van der Waals surface area contributed by atoms with Crippen molar-refractivity contribution in [2.75, 3.05) is 43.4 Å². The van der Waals surface area contributed by atoms with Gasteiger partial charge in [0.15, 0.2) is 5.96 Å². The highest BCUT2D eigenvalue weighted by molar-refractivity contribution is 7.99. The predicted octanol–water partition coefficient (Wildman–Crippen LogP) is 1.89. The lowest BCUT2D eigenvalue weighted by Crippen LogP contribution is -2.43. The van der Waals surface area contributed by atoms with Gasteiger partial charge in [-0.15, -0.1) is 0 Å². The van der Waals surface area contributed by atoms with E-state index in [-0.39, 0.29) is 5.75 Å². The molecule has 6 nitrogen and oxygen atoms in total. The number of thioether (sulfide) groups is 1. The summed E-state index contributed by atoms with van der Waals surface area (Å²) in [5.41, 5.74) is 0. The van der Waals surface area contributed by atoms with Crippen molar-refractivity contribution in [2.24, 2.45) is 4.99 Å². The second-order valence-corrected chi connectivity index (χ2v) is 9.44. The van der Waals surface area contributed by atoms with Gasteiger partial charge in [-0.05, 0) is 20.3 Å². The van der Waals surface area contributed by atoms with E-state index in [2.05, 4.69) is 29.5 Å². The summed E-state index contributed by atoms with van der Waals surface area (Å²) in [7, 11) is -3.18. The zero-order chi connectivity index (χ0) is 17.8. The van der Waals surface area contributed by atoms with Crippen LogP contribution in [0.2, 0.25) is 0 Å². The number of guanidine groups is 1. The maximum absolute atomic E-state index is 12.3. The summed E-state index contributed by atoms with van der Waals surface area (Å²) in [5.74, 6) is 2.58. The van der Waals surface area contributed by atoms with Crippen molar-refractivity contribution in [3.05, 3.63) is 0 Å². The predicted molar refractivity (Wildman–Crippen MR) is 105 cm³/mol. The molecule has 0 aromatic carbocycles. The lowest BCUT2D eigenvalue weighted by Gasteiger charge is -2.25. The molecule has 0 radical (unpaired) electrons. The van der Waals surface area contributed by atoms with Gasteiger partial charge in [0.2, 0.25) is 10.0 Å². The van der Waals surface area contributed by atoms with E-state index < -0.39 is 10.0 Å². The van der Waals surface area contributed by atoms with Crippen LogP contribution in [0, 0.1) is 0 Å². The molecule has 0 aromatic heterocycles. The van der Waals surface area contributed by atoms with E-state index in [0.717, 1.165) is 24.5 Å². The molecule has 1 aliphatic rings. The van der Waals surface area contributed by atoms with Crippen molar-refractivity contribution in [3.8, 4) is 0 Å². The lowest BCUT2D eigenvalue weighted by atomic mass is 10.1. The Morgan fingerprint density at radius 3 is 2.58 bits per heavy atom. The smallest absolute Gasteiger partial charge is 0.215 e. The van der Waals surface area contributed by atoms with Gasteiger partial charge in [-0.3, -0.25) is 4.99 Å². The average molecular weight is 379 g/mol. The number of sulfonamides is 1. The summed E-state index contributed by atoms with van der Waals surface area (Å²) in [6, 6.07) is 0.338. The van der Waals surface area contributed by atoms with E-state index in [1.807, 2.05) is 18.7 Å². The largest absolute Gasteiger partial charge is 0.357 e. The van der Waals surface area contributed by atoms with Gasteiger partial charge < -0.3 is 10.6 Å². The topological polar surface area (TPSA) is 73.8 Å². The Hall–Kier alpha value is -0.470. The summed E-state index contributed by atoms with van der Waals surface area (Å²) in [6.07, 6.45) is 4.76. The van der Waals surface area contributed by atoms with E-state index in [1.165, 1.54) is 19.3 Å². The van der Waals surface area contributed by atoms with Crippen LogP contribution in [0.25, 0.3) is 0 Å². The van der Waals surface area contributed by atoms with Crippen LogP contribution < -0.4 is 10.6 Å². The quantitative estimate of drug-likeness (QED) is 0.345. The molecule has 0 aliphatic carbocycles. The summed E-state index contributed by atoms with van der Waals surface area (Å²) in [6.45, 7) is 8.68. The monoisotopic (exact) mass is 378 g/mol. The average Bonchev–Trinajstić information content (AvgIpc) is 2.56. The SMILES string of the molecule is CCCCCC(C)NC(=NCCS(=O)(=O)N1CCSCC1)NCC. The fourth-order valence-corrected chi connectivity index (χ4v) is 5.01. The van der Waals surface area contributed by atoms with E-state index >= 15 is 0 Å². The van der Waals surface area contributed by atoms with Crippen LogP contribution in [-0.4, -0.2) is 68.2 Å². The minimum Gasteiger partial charge on any atom is -0.357 e. The molecule has 0 saturated carbocycles. The zero-order valence-corrected chi connectivity index (χ0v) is 17.0. The molecule has 1 heterocycles. The first-order valence-electron chi connectivity index (χ1n) is 9.10. The molecule has 1 atom stereocenters. The standard InChI is InChI=1S/C16H34N4O2S2/c1-4-6-7-8-15(3)19-16(17-5-2)18-9-14-24(21,22)20-10-12-23-13-11-20/h15H,4-14H2,1-3H3,(H2,17,18,19). The van der Waals surface area contributed by atoms with Gasteiger partial charge in [-0.2, -0.15) is 11.8 Å². The van der Waals surface area contributed by atoms with Crippen molar-refractivity contribution in [2.45, 2.75) is 52.5 Å². The van der Waals surface area contributed by atoms with Crippen molar-refractivity contribution in [1.29, 1.82) is 0 Å². The van der Waals surface area contributed by atoms with Crippen LogP contribution in [-0.2, 0) is 10.0 Å². The highest BCUT2D eigenvalue weighted by Gasteiger charge is 2.23. The molecule has 142 valence electrons. The van der Waals surface area contributed by atoms with Gasteiger partial charge >= 0.3 is 0 Å². The van der Waals surface area contributed by atoms with E-state index in [1.54, 1.807) is 4.31 Å². The molecule has 2 N–H and O–H groups in total. The number of aliphatic imine (C=N–C) groups is 1. The number of nitrogens with zero attached hydrogens (tertiary/aromatic N) is 2. The summed E-state index contributed by atoms with van der Waals surface area (Å²) < 4.78 is 26.3. The Labute approximate surface area is 152 Å². The first kappa shape index (κ1) is 21.6. The van der Waals surface area contributed by atoms with Crippen LogP contribution in [0.5, 0.6) is 0 Å². The molecule has 0 spiro atoms. The van der Waals surface area contributed by atoms with Crippen LogP contribution >= 0.6 is 11.8 Å². The van der Waals surface area contributed by atoms with Crippen LogP contribution in [0.4, 0.5) is 0 Å². The molecule has 0 bridgehead atoms. The molecule has 1 saturated heterocycles. The zero-order valence-electron chi connectivity index (χ0n) is 15.4. The number of nitrogens with one attached hydrogen (secondary N) is 2. The Morgan fingerprint density at radius 1 is 1.25 bits per heavy atom. The molecule has 24 heavy (non-hydrogen) atoms. The van der Waals surface area contributed by atoms with Gasteiger partial charge in [0, 0.05) is 37.2 Å². The van der Waals surface area contributed by atoms with Gasteiger partial charge in [-0.1, -0.05) is 26.2 Å². The lowest BCUT2D eigenvalue weighted by molar-refractivity contribution is 0.444. The fraction of sp³-hybridized carbons (Fsp3) is 0.938. The maximum atomic E-state index is 12.3. The molecular weight excluding hydrogens is 344 g/mol. The Bertz CT molecular complexity index is 463. The van der Waals surface area contributed by atoms with Gasteiger partial charge in [0.1, 0.15) is 0 Å². The molecule has 1 unspecified atom stereocenters. The summed E-state index contributed by atoms with van der Waals surface area (Å²) in [4.78, 5) is 4.45. The Balaban J connectivity index is 2.46. The number of hydrogen-bond acceptors (Lipinski definition) is 4. The maximum Gasteiger partial charge on any atom is 0.215 e. The minimum absolute atomic E-state index is 0.0818. The fourth-order valence-electron chi connectivity index (χ4n) is 2.55. The molecule has 1 aliphatic heterocycles. The first-order chi connectivity index (χ1) is 11.5. The van der Waals surface area contributed by atoms with E-state index in [9.17, 15) is 8.42 Å². The highest BCUT2D eigenvalue weighted by atomic mass is 32.2. The van der Waals surface area contributed by atoms with Crippen molar-refractivity contribution in [1.82, 2.24) is 14.9 Å². The third-order valence-electron chi connectivity index (χ3n) is 3.95. The number of hydrogen-bond donors (Lipinski definition) is 2. The van der Waals surface area contributed by atoms with Gasteiger partial charge in [0.25, 0.3) is 0 Å². The molecule has 1 rings (SSSR count). The summed E-state index contributed by atoms with van der Waals surface area (Å²) >= 11 is 1.81. The van der Waals surface area contributed by atoms with Crippen LogP contribution in [0.15, 0.2) is 4.99 Å². The third kappa shape index (κ3) is 8.58. The molecule has 0 amide bonds. The second-order valence-electron chi connectivity index (χ2n) is 6.13. The van der Waals surface area contributed by atoms with Crippen LogP contribution in [0.1, 0.15) is 46.5 Å². The minimum atomic E-state index is -3.18. The Morgan fingerprint density at radius 2 is 1.96 bits per heavy atom. The van der Waals surface area contributed by atoms with Crippen molar-refractivity contribution < 1.29 is 8.42 Å². The second kappa shape index (κ2) is 12.0. The van der Waals surface area contributed by atoms with Gasteiger partial charge in [-0.25, -0.2) is 12.7 Å².